The maximum Gasteiger partial charge on any atom is 0.270 e. The summed E-state index contributed by atoms with van der Waals surface area (Å²) in [6.45, 7) is 0.259. The Morgan fingerprint density at radius 2 is 1.82 bits per heavy atom. The van der Waals surface area contributed by atoms with Crippen molar-refractivity contribution in [1.29, 1.82) is 0 Å². The Kier molecular flexibility index (Phi) is 6.81. The fraction of sp³-hybridized carbons (Fsp3) is 0.0833. The molecule has 9 heteroatoms. The molecule has 0 bridgehead atoms. The van der Waals surface area contributed by atoms with E-state index >= 15 is 0 Å². The first-order valence-electron chi connectivity index (χ1n) is 9.86. The third-order valence-electron chi connectivity index (χ3n) is 4.89. The van der Waals surface area contributed by atoms with E-state index in [2.05, 4.69) is 0 Å². The number of hydrogen-bond donors (Lipinski definition) is 0. The Morgan fingerprint density at radius 3 is 2.55 bits per heavy atom. The number of carbonyl (C=O) groups is 1. The molecule has 0 aliphatic carbocycles. The number of halogens is 1. The number of rotatable bonds is 7. The van der Waals surface area contributed by atoms with Crippen LogP contribution in [0.2, 0.25) is 0 Å². The summed E-state index contributed by atoms with van der Waals surface area (Å²) in [6.07, 6.45) is 1.52. The van der Waals surface area contributed by atoms with Crippen molar-refractivity contribution in [2.24, 2.45) is 0 Å². The van der Waals surface area contributed by atoms with E-state index < -0.39 is 10.7 Å². The largest absolute Gasteiger partial charge is 0.488 e. The second-order valence-corrected chi connectivity index (χ2v) is 8.79. The fourth-order valence-electron chi connectivity index (χ4n) is 3.21. The summed E-state index contributed by atoms with van der Waals surface area (Å²) < 4.78 is 20.1. The number of carbonyl (C=O) groups excluding carboxylic acids is 1. The molecule has 3 aromatic carbocycles. The Balaban J connectivity index is 1.62. The number of hydrogen-bond acceptors (Lipinski definition) is 6. The van der Waals surface area contributed by atoms with Crippen molar-refractivity contribution in [3.63, 3.8) is 0 Å². The van der Waals surface area contributed by atoms with E-state index in [1.165, 1.54) is 35.2 Å². The molecule has 0 unspecified atom stereocenters. The van der Waals surface area contributed by atoms with Crippen LogP contribution in [0.5, 0.6) is 5.75 Å². The topological polar surface area (TPSA) is 72.7 Å². The highest BCUT2D eigenvalue weighted by Gasteiger charge is 2.32. The van der Waals surface area contributed by atoms with Gasteiger partial charge in [0.1, 0.15) is 22.5 Å². The van der Waals surface area contributed by atoms with E-state index in [-0.39, 0.29) is 24.0 Å². The molecule has 1 aliphatic heterocycles. The molecule has 0 aromatic heterocycles. The van der Waals surface area contributed by atoms with E-state index in [9.17, 15) is 19.3 Å². The van der Waals surface area contributed by atoms with Crippen LogP contribution in [0.15, 0.2) is 77.7 Å². The number of nitro groups is 1. The standard InChI is InChI=1S/C24H17FN2O4S2/c25-20-9-5-4-8-17(20)15-31-21-11-10-19(27(29)30)12-18(21)13-22-23(28)26(24(32)33-22)14-16-6-2-1-3-7-16/h1-13H,14-15H2. The number of nitro benzene ring substituents is 1. The van der Waals surface area contributed by atoms with Gasteiger partial charge in [0.25, 0.3) is 11.6 Å². The molecule has 3 aromatic rings. The van der Waals surface area contributed by atoms with Crippen LogP contribution in [-0.4, -0.2) is 20.1 Å². The average molecular weight is 481 g/mol. The molecule has 33 heavy (non-hydrogen) atoms. The molecule has 1 amide bonds. The molecule has 166 valence electrons. The molecule has 1 heterocycles. The molecule has 0 radical (unpaired) electrons. The normalized spacial score (nSPS) is 14.7. The number of thiocarbonyl (C=S) groups is 1. The zero-order valence-electron chi connectivity index (χ0n) is 17.1. The van der Waals surface area contributed by atoms with Gasteiger partial charge in [0.15, 0.2) is 0 Å². The predicted octanol–water partition coefficient (Wildman–Crippen LogP) is 5.71. The van der Waals surface area contributed by atoms with Crippen LogP contribution in [0.4, 0.5) is 10.1 Å². The molecule has 1 fully saturated rings. The maximum atomic E-state index is 14.0. The van der Waals surface area contributed by atoms with Crippen LogP contribution in [0.1, 0.15) is 16.7 Å². The maximum absolute atomic E-state index is 14.0. The Morgan fingerprint density at radius 1 is 1.09 bits per heavy atom. The van der Waals surface area contributed by atoms with Crippen LogP contribution < -0.4 is 4.74 Å². The monoisotopic (exact) mass is 480 g/mol. The van der Waals surface area contributed by atoms with Crippen LogP contribution in [-0.2, 0) is 17.9 Å². The number of nitrogens with zero attached hydrogens (tertiary/aromatic N) is 2. The van der Waals surface area contributed by atoms with Crippen molar-refractivity contribution in [3.8, 4) is 5.75 Å². The SMILES string of the molecule is O=C1C(=Cc2cc([N+](=O)[O-])ccc2OCc2ccccc2F)SC(=S)N1Cc1ccccc1. The molecule has 0 atom stereocenters. The van der Waals surface area contributed by atoms with Gasteiger partial charge in [-0.3, -0.25) is 19.8 Å². The van der Waals surface area contributed by atoms with Crippen LogP contribution in [0, 0.1) is 15.9 Å². The van der Waals surface area contributed by atoms with Gasteiger partial charge < -0.3 is 4.74 Å². The number of amides is 1. The number of thioether (sulfide) groups is 1. The molecule has 1 aliphatic rings. The zero-order valence-corrected chi connectivity index (χ0v) is 18.8. The van der Waals surface area contributed by atoms with Crippen molar-refractivity contribution in [1.82, 2.24) is 4.90 Å². The number of benzene rings is 3. The molecule has 1 saturated heterocycles. The van der Waals surface area contributed by atoms with Crippen LogP contribution in [0.3, 0.4) is 0 Å². The van der Waals surface area contributed by atoms with Gasteiger partial charge in [0.2, 0.25) is 0 Å². The van der Waals surface area contributed by atoms with Gasteiger partial charge in [-0.1, -0.05) is 72.5 Å². The van der Waals surface area contributed by atoms with Gasteiger partial charge in [-0.15, -0.1) is 0 Å². The fourth-order valence-corrected chi connectivity index (χ4v) is 4.45. The van der Waals surface area contributed by atoms with E-state index in [4.69, 9.17) is 17.0 Å². The molecular weight excluding hydrogens is 463 g/mol. The minimum absolute atomic E-state index is 0.0692. The van der Waals surface area contributed by atoms with Gasteiger partial charge in [0, 0.05) is 23.3 Å². The first kappa shape index (κ1) is 22.6. The highest BCUT2D eigenvalue weighted by molar-refractivity contribution is 8.26. The van der Waals surface area contributed by atoms with Crippen molar-refractivity contribution < 1.29 is 18.8 Å². The lowest BCUT2D eigenvalue weighted by molar-refractivity contribution is -0.384. The Hall–Kier alpha value is -3.56. The summed E-state index contributed by atoms with van der Waals surface area (Å²) in [5.41, 5.74) is 1.45. The summed E-state index contributed by atoms with van der Waals surface area (Å²) >= 11 is 6.50. The van der Waals surface area contributed by atoms with Gasteiger partial charge in [-0.05, 0) is 23.8 Å². The van der Waals surface area contributed by atoms with Crippen molar-refractivity contribution >= 4 is 46.0 Å². The van der Waals surface area contributed by atoms with Crippen LogP contribution in [0.25, 0.3) is 6.08 Å². The van der Waals surface area contributed by atoms with Crippen molar-refractivity contribution in [2.75, 3.05) is 0 Å². The third-order valence-corrected chi connectivity index (χ3v) is 6.27. The summed E-state index contributed by atoms with van der Waals surface area (Å²) in [5, 5.41) is 11.3. The molecule has 4 rings (SSSR count). The first-order chi connectivity index (χ1) is 15.9. The molecule has 0 saturated carbocycles. The second-order valence-electron chi connectivity index (χ2n) is 7.11. The Bertz CT molecular complexity index is 1260. The number of ether oxygens (including phenoxy) is 1. The molecular formula is C24H17FN2O4S2. The van der Waals surface area contributed by atoms with E-state index in [0.717, 1.165) is 17.3 Å². The molecule has 0 spiro atoms. The van der Waals surface area contributed by atoms with Crippen LogP contribution >= 0.6 is 24.0 Å². The molecule has 0 N–H and O–H groups in total. The number of non-ortho nitro benzene ring substituents is 1. The summed E-state index contributed by atoms with van der Waals surface area (Å²) in [5.74, 6) is -0.416. The first-order valence-corrected chi connectivity index (χ1v) is 11.1. The highest BCUT2D eigenvalue weighted by atomic mass is 32.2. The Labute approximate surface area is 198 Å². The van der Waals surface area contributed by atoms with Gasteiger partial charge >= 0.3 is 0 Å². The van der Waals surface area contributed by atoms with Crippen molar-refractivity contribution in [3.05, 3.63) is 110 Å². The minimum Gasteiger partial charge on any atom is -0.488 e. The highest BCUT2D eigenvalue weighted by Crippen LogP contribution is 2.36. The summed E-state index contributed by atoms with van der Waals surface area (Å²) in [7, 11) is 0. The summed E-state index contributed by atoms with van der Waals surface area (Å²) in [4.78, 5) is 25.6. The zero-order chi connectivity index (χ0) is 23.4. The minimum atomic E-state index is -0.529. The molecule has 6 nitrogen and oxygen atoms in total. The van der Waals surface area contributed by atoms with Gasteiger partial charge in [-0.25, -0.2) is 4.39 Å². The van der Waals surface area contributed by atoms with E-state index in [1.807, 2.05) is 30.3 Å². The smallest absolute Gasteiger partial charge is 0.270 e. The lowest BCUT2D eigenvalue weighted by Crippen LogP contribution is -2.27. The second kappa shape index (κ2) is 9.93. The van der Waals surface area contributed by atoms with Gasteiger partial charge in [-0.2, -0.15) is 0 Å². The van der Waals surface area contributed by atoms with Gasteiger partial charge in [0.05, 0.1) is 16.4 Å². The average Bonchev–Trinajstić information content (AvgIpc) is 3.07. The van der Waals surface area contributed by atoms with E-state index in [0.29, 0.717) is 26.9 Å². The predicted molar refractivity (Wildman–Crippen MR) is 129 cm³/mol. The third kappa shape index (κ3) is 5.27. The summed E-state index contributed by atoms with van der Waals surface area (Å²) in [6, 6.07) is 19.7. The van der Waals surface area contributed by atoms with E-state index in [1.54, 1.807) is 18.2 Å². The lowest BCUT2D eigenvalue weighted by atomic mass is 10.1. The van der Waals surface area contributed by atoms with Crippen molar-refractivity contribution in [2.45, 2.75) is 13.2 Å². The quantitative estimate of drug-likeness (QED) is 0.187. The lowest BCUT2D eigenvalue weighted by Gasteiger charge is -2.14.